The number of aliphatic hydroxyl groups excluding tert-OH is 1. The molecule has 342 valence electrons. The maximum atomic E-state index is 10.6. The summed E-state index contributed by atoms with van der Waals surface area (Å²) in [5.41, 5.74) is 4.38. The Bertz CT molecular complexity index is 1870. The van der Waals surface area contributed by atoms with Crippen molar-refractivity contribution < 1.29 is 55.4 Å². The Balaban J connectivity index is 0.000000430. The van der Waals surface area contributed by atoms with Crippen molar-refractivity contribution in [2.24, 2.45) is 41.4 Å². The van der Waals surface area contributed by atoms with E-state index < -0.39 is 18.7 Å². The molecule has 4 N–H and O–H groups in total. The zero-order valence-electron chi connectivity index (χ0n) is 36.3. The zero-order valence-corrected chi connectivity index (χ0v) is 36.3. The molecule has 0 spiro atoms. The number of aromatic amines is 2. The van der Waals surface area contributed by atoms with Crippen LogP contribution in [-0.2, 0) is 31.7 Å². The van der Waals surface area contributed by atoms with Crippen LogP contribution in [0.2, 0.25) is 0 Å². The first-order chi connectivity index (χ1) is 29.0. The number of nitrogens with one attached hydrogen (secondary N) is 2. The summed E-state index contributed by atoms with van der Waals surface area (Å²) in [6, 6.07) is 16.1. The van der Waals surface area contributed by atoms with Crippen LogP contribution in [0.3, 0.4) is 0 Å². The van der Waals surface area contributed by atoms with E-state index in [1.54, 1.807) is 4.74 Å². The van der Waals surface area contributed by atoms with E-state index in [1.807, 2.05) is 31.2 Å². The van der Waals surface area contributed by atoms with Crippen LogP contribution in [0.25, 0.3) is 22.8 Å². The van der Waals surface area contributed by atoms with E-state index >= 15 is 0 Å². The normalized spacial score (nSPS) is 23.1. The molecule has 2 aliphatic carbocycles. The molecule has 0 saturated heterocycles. The second-order valence-electron chi connectivity index (χ2n) is 16.3. The molecule has 6 rings (SSSR count). The van der Waals surface area contributed by atoms with E-state index in [1.165, 1.54) is 37.7 Å². The summed E-state index contributed by atoms with van der Waals surface area (Å²) in [5, 5.41) is 32.3. The molecule has 2 aliphatic rings. The number of carboxylic acid groups (broad SMARTS) is 1. The van der Waals surface area contributed by atoms with E-state index in [0.717, 1.165) is 64.3 Å². The van der Waals surface area contributed by atoms with Crippen molar-refractivity contribution in [3.05, 3.63) is 84.6 Å². The van der Waals surface area contributed by atoms with E-state index in [2.05, 4.69) is 111 Å². The predicted octanol–water partition coefficient (Wildman–Crippen LogP) is 10.5. The van der Waals surface area contributed by atoms with Gasteiger partial charge in [-0.1, -0.05) is 101 Å². The van der Waals surface area contributed by atoms with Gasteiger partial charge in [-0.05, 0) is 87.4 Å². The second-order valence-corrected chi connectivity index (χ2v) is 16.3. The Morgan fingerprint density at radius 1 is 0.677 bits per heavy atom. The van der Waals surface area contributed by atoms with Gasteiger partial charge in [-0.15, -0.1) is 26.3 Å². The van der Waals surface area contributed by atoms with Gasteiger partial charge >= 0.3 is 41.3 Å². The molecule has 0 amide bonds. The standard InChI is InChI=1S/C20H29N3.C11H11N3O2.C9H18O.C2F6O.2CO/c1-13-5-7-17(8-6-13)20-21-19(22-23-20)10-9-18-15(3)11-14(2)12-16(18)4;1-7-2-4-8(5-3-7)11-12-9(13-14-11)6-10(15)16;1-6-4-7(2)9(10)8(3)5-6;3-1(4,5)9-2(6,7)8;2*1-2/h5-8,14-16,18H,9-12H2,1-4H3,(H,21,22,23);2-5H,6H2,1H3,(H,15,16)(H,12,13,14);6-10H,4-5H2,1-3H3;;;. The molecule has 2 saturated carbocycles. The number of benzene rings is 2. The van der Waals surface area contributed by atoms with Crippen LogP contribution in [0.15, 0.2) is 48.5 Å². The molecule has 12 nitrogen and oxygen atoms in total. The molecule has 4 aromatic rings. The molecule has 0 aliphatic heterocycles. The van der Waals surface area contributed by atoms with Crippen LogP contribution in [0.4, 0.5) is 26.3 Å². The second kappa shape index (κ2) is 26.6. The monoisotopic (exact) mass is 880 g/mol. The van der Waals surface area contributed by atoms with Gasteiger partial charge < -0.3 is 10.2 Å². The summed E-state index contributed by atoms with van der Waals surface area (Å²) in [6.45, 7) is 26.9. The van der Waals surface area contributed by atoms with Gasteiger partial charge in [0.2, 0.25) is 0 Å². The Morgan fingerprint density at radius 2 is 1.03 bits per heavy atom. The third-order valence-electron chi connectivity index (χ3n) is 10.7. The fourth-order valence-electron chi connectivity index (χ4n) is 8.07. The van der Waals surface area contributed by atoms with Crippen molar-refractivity contribution in [1.82, 2.24) is 30.4 Å². The maximum absolute atomic E-state index is 10.6. The predicted molar refractivity (Wildman–Crippen MR) is 217 cm³/mol. The van der Waals surface area contributed by atoms with Crippen LogP contribution >= 0.6 is 0 Å². The first-order valence-corrected chi connectivity index (χ1v) is 20.1. The van der Waals surface area contributed by atoms with Gasteiger partial charge in [0.25, 0.3) is 0 Å². The number of halogens is 6. The molecule has 0 radical (unpaired) electrons. The quantitative estimate of drug-likeness (QED) is 0.0801. The first kappa shape index (κ1) is 55.2. The number of aryl methyl sites for hydroxylation is 3. The third-order valence-corrected chi connectivity index (χ3v) is 10.7. The van der Waals surface area contributed by atoms with Gasteiger partial charge in [0, 0.05) is 17.5 Å². The summed E-state index contributed by atoms with van der Waals surface area (Å²) < 4.78 is 80.3. The van der Waals surface area contributed by atoms with Crippen molar-refractivity contribution in [1.29, 1.82) is 0 Å². The van der Waals surface area contributed by atoms with Gasteiger partial charge in [-0.2, -0.15) is 14.9 Å². The van der Waals surface area contributed by atoms with Gasteiger partial charge in [0.1, 0.15) is 18.1 Å². The number of carbonyl (C=O) groups is 1. The molecule has 18 heteroatoms. The van der Waals surface area contributed by atoms with Gasteiger partial charge in [-0.25, -0.2) is 9.97 Å². The average Bonchev–Trinajstić information content (AvgIpc) is 3.85. The van der Waals surface area contributed by atoms with Gasteiger partial charge in [-0.3, -0.25) is 15.0 Å². The number of aliphatic hydroxyl groups is 1. The number of hydrogen-bond acceptors (Lipinski definition) is 7. The minimum absolute atomic E-state index is 0.0452. The van der Waals surface area contributed by atoms with Crippen molar-refractivity contribution >= 4 is 5.97 Å². The van der Waals surface area contributed by atoms with Crippen LogP contribution in [-0.4, -0.2) is 65.4 Å². The van der Waals surface area contributed by atoms with Crippen molar-refractivity contribution in [3.8, 4) is 22.8 Å². The van der Waals surface area contributed by atoms with Crippen molar-refractivity contribution in [2.75, 3.05) is 0 Å². The SMILES string of the molecule is CC1CC(C)C(O)C(C)C1.Cc1ccc(-c2n[nH]c(CC(=O)O)n2)cc1.Cc1ccc(-c2n[nH]c(CCC3C(C)CC(C)CC3C)n2)cc1.FC(F)(F)OC(F)(F)F.[C-]#[O+].[C-]#[O+]. The van der Waals surface area contributed by atoms with Crippen LogP contribution in [0, 0.1) is 68.6 Å². The Labute approximate surface area is 359 Å². The number of nitrogens with zero attached hydrogens (tertiary/aromatic N) is 4. The molecule has 2 aromatic carbocycles. The van der Waals surface area contributed by atoms with Crippen LogP contribution in [0.5, 0.6) is 0 Å². The average molecular weight is 881 g/mol. The molecular weight excluding hydrogens is 823 g/mol. The number of ether oxygens (including phenoxy) is 1. The van der Waals surface area contributed by atoms with Crippen LogP contribution in [0.1, 0.15) is 96.4 Å². The number of carboxylic acids is 1. The summed E-state index contributed by atoms with van der Waals surface area (Å²) >= 11 is 0. The molecule has 2 aromatic heterocycles. The number of hydrogen-bond donors (Lipinski definition) is 4. The number of rotatable bonds is 7. The molecule has 62 heavy (non-hydrogen) atoms. The zero-order chi connectivity index (χ0) is 47.4. The van der Waals surface area contributed by atoms with Crippen LogP contribution < -0.4 is 0 Å². The van der Waals surface area contributed by atoms with Gasteiger partial charge in [0.05, 0.1) is 6.10 Å². The number of H-pyrrole nitrogens is 2. The summed E-state index contributed by atoms with van der Waals surface area (Å²) in [7, 11) is 0. The molecule has 4 unspecified atom stereocenters. The fraction of sp³-hybridized carbons (Fsp3) is 0.568. The Hall–Kier alpha value is -4.83. The molecule has 2 fully saturated rings. The Kier molecular flexibility index (Phi) is 23.7. The summed E-state index contributed by atoms with van der Waals surface area (Å²) in [6.07, 6.45) is -4.09. The summed E-state index contributed by atoms with van der Waals surface area (Å²) in [5.74, 6) is 7.00. The number of alkyl halides is 6. The van der Waals surface area contributed by atoms with E-state index in [-0.39, 0.29) is 12.5 Å². The van der Waals surface area contributed by atoms with E-state index in [9.17, 15) is 36.2 Å². The fourth-order valence-corrected chi connectivity index (χ4v) is 8.07. The molecular formula is C44H58F6N6O6. The molecule has 0 bridgehead atoms. The van der Waals surface area contributed by atoms with E-state index in [4.69, 9.17) is 19.4 Å². The van der Waals surface area contributed by atoms with Crippen molar-refractivity contribution in [2.45, 2.75) is 119 Å². The number of aliphatic carboxylic acids is 1. The topological polar surface area (TPSA) is 190 Å². The third kappa shape index (κ3) is 20.8. The van der Waals surface area contributed by atoms with E-state index in [0.29, 0.717) is 23.5 Å². The molecule has 4 atom stereocenters. The number of aromatic nitrogens is 6. The van der Waals surface area contributed by atoms with Gasteiger partial charge in [0.15, 0.2) is 11.6 Å². The first-order valence-electron chi connectivity index (χ1n) is 20.1. The minimum atomic E-state index is -5.64. The Morgan fingerprint density at radius 3 is 1.39 bits per heavy atom. The van der Waals surface area contributed by atoms with Crippen molar-refractivity contribution in [3.63, 3.8) is 0 Å². The molecule has 2 heterocycles. The summed E-state index contributed by atoms with van der Waals surface area (Å²) in [4.78, 5) is 19.3.